The Bertz CT molecular complexity index is 462. The number of ether oxygens (including phenoxy) is 2. The number of carbonyl (C=O) groups is 2. The predicted molar refractivity (Wildman–Crippen MR) is 95.5 cm³/mol. The first-order valence-electron chi connectivity index (χ1n) is 6.81. The van der Waals surface area contributed by atoms with E-state index in [1.807, 2.05) is 18.4 Å². The van der Waals surface area contributed by atoms with E-state index in [4.69, 9.17) is 9.47 Å². The zero-order chi connectivity index (χ0) is 16.2. The first kappa shape index (κ1) is 19.6. The molecule has 0 amide bonds. The zero-order valence-electron chi connectivity index (χ0n) is 12.4. The van der Waals surface area contributed by atoms with Crippen molar-refractivity contribution in [1.29, 1.82) is 0 Å². The summed E-state index contributed by atoms with van der Waals surface area (Å²) in [5.74, 6) is 0.680. The number of thiol groups is 1. The summed E-state index contributed by atoms with van der Waals surface area (Å²) in [6, 6.07) is 7.04. The molecule has 122 valence electrons. The van der Waals surface area contributed by atoms with E-state index in [9.17, 15) is 9.59 Å². The molecule has 7 heteroatoms. The third kappa shape index (κ3) is 7.69. The minimum atomic E-state index is -0.463. The number of rotatable bonds is 11. The Balaban J connectivity index is 2.20. The fourth-order valence-corrected chi connectivity index (χ4v) is 2.68. The second-order valence-electron chi connectivity index (χ2n) is 4.14. The molecule has 0 N–H and O–H groups in total. The number of thioether (sulfide) groups is 2. The summed E-state index contributed by atoms with van der Waals surface area (Å²) in [5.41, 5.74) is 0.427. The number of benzene rings is 1. The van der Waals surface area contributed by atoms with Gasteiger partial charge in [-0.25, -0.2) is 0 Å². The van der Waals surface area contributed by atoms with Crippen LogP contribution < -0.4 is 0 Å². The van der Waals surface area contributed by atoms with Crippen LogP contribution in [-0.2, 0) is 14.3 Å². The van der Waals surface area contributed by atoms with Crippen molar-refractivity contribution < 1.29 is 19.1 Å². The van der Waals surface area contributed by atoms with E-state index in [0.29, 0.717) is 43.5 Å². The van der Waals surface area contributed by atoms with Crippen LogP contribution in [0.15, 0.2) is 29.2 Å². The van der Waals surface area contributed by atoms with Gasteiger partial charge in [-0.1, -0.05) is 11.8 Å². The maximum atomic E-state index is 11.9. The highest BCUT2D eigenvalue weighted by Crippen LogP contribution is 2.16. The van der Waals surface area contributed by atoms with Crippen LogP contribution in [0.5, 0.6) is 0 Å². The number of Topliss-reactive ketones (excluding diaryl/α,β-unsaturated/α-hetero) is 1. The summed E-state index contributed by atoms with van der Waals surface area (Å²) in [6.45, 7) is 2.01. The molecule has 0 aromatic heterocycles. The van der Waals surface area contributed by atoms with Crippen LogP contribution in [0.3, 0.4) is 0 Å². The van der Waals surface area contributed by atoms with Crippen LogP contribution in [0.4, 0.5) is 0 Å². The molecule has 4 nitrogen and oxygen atoms in total. The van der Waals surface area contributed by atoms with Crippen LogP contribution in [0.25, 0.3) is 0 Å². The van der Waals surface area contributed by atoms with E-state index in [-0.39, 0.29) is 0 Å². The Kier molecular flexibility index (Phi) is 10.7. The van der Waals surface area contributed by atoms with Gasteiger partial charge in [0.2, 0.25) is 5.78 Å². The quantitative estimate of drug-likeness (QED) is 0.215. The SMILES string of the molecule is CSc1ccc(C(=O)C(=O)SCCOCCOCCS)cc1. The highest BCUT2D eigenvalue weighted by atomic mass is 32.2. The second-order valence-corrected chi connectivity index (χ2v) is 6.54. The van der Waals surface area contributed by atoms with Gasteiger partial charge in [-0.3, -0.25) is 9.59 Å². The molecular formula is C15H20O4S3. The lowest BCUT2D eigenvalue weighted by molar-refractivity contribution is -0.107. The summed E-state index contributed by atoms with van der Waals surface area (Å²) in [6.07, 6.45) is 1.96. The summed E-state index contributed by atoms with van der Waals surface area (Å²) in [7, 11) is 0. The van der Waals surface area contributed by atoms with Gasteiger partial charge in [0.15, 0.2) is 0 Å². The van der Waals surface area contributed by atoms with Crippen LogP contribution >= 0.6 is 36.2 Å². The maximum absolute atomic E-state index is 11.9. The van der Waals surface area contributed by atoms with Gasteiger partial charge >= 0.3 is 0 Å². The highest BCUT2D eigenvalue weighted by molar-refractivity contribution is 8.15. The Labute approximate surface area is 145 Å². The first-order valence-corrected chi connectivity index (χ1v) is 9.65. The molecule has 1 aromatic rings. The first-order chi connectivity index (χ1) is 10.7. The molecule has 0 aliphatic carbocycles. The average molecular weight is 361 g/mol. The molecule has 1 rings (SSSR count). The van der Waals surface area contributed by atoms with E-state index in [2.05, 4.69) is 12.6 Å². The molecule has 0 aliphatic heterocycles. The summed E-state index contributed by atoms with van der Waals surface area (Å²) < 4.78 is 10.5. The molecule has 22 heavy (non-hydrogen) atoms. The highest BCUT2D eigenvalue weighted by Gasteiger charge is 2.16. The largest absolute Gasteiger partial charge is 0.378 e. The zero-order valence-corrected chi connectivity index (χ0v) is 15.0. The molecule has 1 aromatic carbocycles. The lowest BCUT2D eigenvalue weighted by Gasteiger charge is -2.04. The molecule has 0 saturated heterocycles. The molecule has 0 unspecified atom stereocenters. The van der Waals surface area contributed by atoms with Gasteiger partial charge in [-0.05, 0) is 30.5 Å². The third-order valence-corrected chi connectivity index (χ3v) is 4.35. The predicted octanol–water partition coefficient (Wildman–Crippen LogP) is 2.81. The fraction of sp³-hybridized carbons (Fsp3) is 0.467. The molecule has 0 aliphatic rings. The number of hydrogen-bond acceptors (Lipinski definition) is 7. The molecule has 0 heterocycles. The number of carbonyl (C=O) groups excluding carboxylic acids is 2. The van der Waals surface area contributed by atoms with Crippen LogP contribution in [0.1, 0.15) is 10.4 Å². The summed E-state index contributed by atoms with van der Waals surface area (Å²) in [5, 5.41) is -0.452. The summed E-state index contributed by atoms with van der Waals surface area (Å²) >= 11 is 6.60. The van der Waals surface area contributed by atoms with Gasteiger partial charge in [0, 0.05) is 22.0 Å². The van der Waals surface area contributed by atoms with Gasteiger partial charge in [0.1, 0.15) is 0 Å². The van der Waals surface area contributed by atoms with Gasteiger partial charge in [-0.2, -0.15) is 12.6 Å². The van der Waals surface area contributed by atoms with E-state index in [0.717, 1.165) is 16.7 Å². The van der Waals surface area contributed by atoms with Crippen LogP contribution in [0, 0.1) is 0 Å². The number of ketones is 1. The topological polar surface area (TPSA) is 52.6 Å². The molecule has 0 spiro atoms. The van der Waals surface area contributed by atoms with E-state index in [1.54, 1.807) is 23.9 Å². The monoisotopic (exact) mass is 360 g/mol. The lowest BCUT2D eigenvalue weighted by Crippen LogP contribution is -2.13. The van der Waals surface area contributed by atoms with Crippen LogP contribution in [-0.4, -0.2) is 55.1 Å². The van der Waals surface area contributed by atoms with Gasteiger partial charge in [0.05, 0.1) is 26.4 Å². The van der Waals surface area contributed by atoms with Gasteiger partial charge < -0.3 is 9.47 Å². The Morgan fingerprint density at radius 3 is 2.27 bits per heavy atom. The third-order valence-electron chi connectivity index (χ3n) is 2.61. The minimum absolute atomic E-state index is 0.416. The normalized spacial score (nSPS) is 10.6. The second kappa shape index (κ2) is 12.0. The van der Waals surface area contributed by atoms with Gasteiger partial charge in [0.25, 0.3) is 5.12 Å². The number of hydrogen-bond donors (Lipinski definition) is 1. The van der Waals surface area contributed by atoms with E-state index >= 15 is 0 Å². The lowest BCUT2D eigenvalue weighted by atomic mass is 10.1. The summed E-state index contributed by atoms with van der Waals surface area (Å²) in [4.78, 5) is 24.8. The van der Waals surface area contributed by atoms with Crippen LogP contribution in [0.2, 0.25) is 0 Å². The van der Waals surface area contributed by atoms with Crippen molar-refractivity contribution in [2.75, 3.05) is 44.2 Å². The molecule has 0 atom stereocenters. The van der Waals surface area contributed by atoms with E-state index < -0.39 is 10.9 Å². The Hall–Kier alpha value is -0.470. The van der Waals surface area contributed by atoms with Crippen molar-refractivity contribution in [2.24, 2.45) is 0 Å². The average Bonchev–Trinajstić information content (AvgIpc) is 2.56. The molecule has 0 bridgehead atoms. The van der Waals surface area contributed by atoms with E-state index in [1.165, 1.54) is 0 Å². The fourth-order valence-electron chi connectivity index (χ4n) is 1.51. The van der Waals surface area contributed by atoms with Gasteiger partial charge in [-0.15, -0.1) is 11.8 Å². The minimum Gasteiger partial charge on any atom is -0.378 e. The van der Waals surface area contributed by atoms with Crippen molar-refractivity contribution >= 4 is 47.1 Å². The van der Waals surface area contributed by atoms with Crippen molar-refractivity contribution in [1.82, 2.24) is 0 Å². The molecular weight excluding hydrogens is 340 g/mol. The van der Waals surface area contributed by atoms with Crippen molar-refractivity contribution in [3.8, 4) is 0 Å². The van der Waals surface area contributed by atoms with Crippen molar-refractivity contribution in [3.63, 3.8) is 0 Å². The van der Waals surface area contributed by atoms with Crippen molar-refractivity contribution in [3.05, 3.63) is 29.8 Å². The standard InChI is InChI=1S/C15H20O4S3/c1-21-13-4-2-12(3-5-13)14(16)15(17)22-11-9-19-7-6-18-8-10-20/h2-5,20H,6-11H2,1H3. The molecule has 0 fully saturated rings. The molecule has 0 saturated carbocycles. The maximum Gasteiger partial charge on any atom is 0.260 e. The molecule has 0 radical (unpaired) electrons. The Morgan fingerprint density at radius 2 is 1.68 bits per heavy atom. The Morgan fingerprint density at radius 1 is 1.05 bits per heavy atom. The van der Waals surface area contributed by atoms with Crippen molar-refractivity contribution in [2.45, 2.75) is 4.90 Å². The smallest absolute Gasteiger partial charge is 0.260 e.